The number of aromatic nitrogens is 3. The monoisotopic (exact) mass is 579 g/mol. The van der Waals surface area contributed by atoms with Crippen molar-refractivity contribution < 1.29 is 9.59 Å². The molecule has 5 rings (SSSR count). The number of amides is 2. The molecule has 11 heteroatoms. The topological polar surface area (TPSA) is 123 Å². The van der Waals surface area contributed by atoms with Crippen molar-refractivity contribution in [2.75, 3.05) is 36.5 Å². The minimum absolute atomic E-state index is 0.188. The summed E-state index contributed by atoms with van der Waals surface area (Å²) in [5.41, 5.74) is 14.3. The lowest BCUT2D eigenvalue weighted by molar-refractivity contribution is -0.127. The van der Waals surface area contributed by atoms with E-state index in [4.69, 9.17) is 44.8 Å². The van der Waals surface area contributed by atoms with Gasteiger partial charge in [0, 0.05) is 55.2 Å². The van der Waals surface area contributed by atoms with E-state index >= 15 is 0 Å². The van der Waals surface area contributed by atoms with Gasteiger partial charge < -0.3 is 21.3 Å². The van der Waals surface area contributed by atoms with E-state index < -0.39 is 5.41 Å². The smallest absolute Gasteiger partial charge is 0.223 e. The van der Waals surface area contributed by atoms with Crippen LogP contribution in [0.1, 0.15) is 26.2 Å². The Kier molecular flexibility index (Phi) is 7.61. The van der Waals surface area contributed by atoms with E-state index in [9.17, 15) is 9.59 Å². The Morgan fingerprint density at radius 1 is 1.05 bits per heavy atom. The molecule has 0 spiro atoms. The number of benzene rings is 2. The third-order valence-electron chi connectivity index (χ3n) is 7.69. The number of hydrogen-bond donors (Lipinski definition) is 2. The number of piperidine rings is 1. The third kappa shape index (κ3) is 5.31. The average Bonchev–Trinajstić information content (AvgIpc) is 3.31. The number of halogens is 2. The van der Waals surface area contributed by atoms with Crippen molar-refractivity contribution in [3.05, 3.63) is 64.6 Å². The molecular formula is C29H31Cl2N7O2. The standard InChI is InChI=1S/C29H31Cl2N7O2/c1-29(28(33)40)12-15-37(16-13-29)24-17-23(36(2)14-11-22(32)39)34-27-25(18-7-9-19(30)10-8-18)26(35-38(24)27)20-5-3-4-6-21(20)31/h3-10,17H,11-16H2,1-2H3,(H2,32,39)(H2,33,40). The molecule has 1 saturated heterocycles. The number of nitrogens with zero attached hydrogens (tertiary/aromatic N) is 5. The number of rotatable bonds is 8. The fraction of sp³-hybridized carbons (Fsp3) is 0.310. The van der Waals surface area contributed by atoms with Crippen LogP contribution in [-0.2, 0) is 9.59 Å². The first-order chi connectivity index (χ1) is 19.1. The molecule has 1 fully saturated rings. The minimum Gasteiger partial charge on any atom is -0.370 e. The molecule has 0 radical (unpaired) electrons. The summed E-state index contributed by atoms with van der Waals surface area (Å²) in [6.45, 7) is 3.54. The van der Waals surface area contributed by atoms with Gasteiger partial charge in [-0.1, -0.05) is 60.5 Å². The molecule has 3 heterocycles. The maximum Gasteiger partial charge on any atom is 0.223 e. The first-order valence-corrected chi connectivity index (χ1v) is 13.8. The molecule has 40 heavy (non-hydrogen) atoms. The SMILES string of the molecule is CN(CCC(N)=O)c1cc(N2CCC(C)(C(N)=O)CC2)n2nc(-c3ccccc3Cl)c(-c3ccc(Cl)cc3)c2n1. The van der Waals surface area contributed by atoms with Crippen molar-refractivity contribution in [3.8, 4) is 22.4 Å². The molecule has 208 valence electrons. The number of fused-ring (bicyclic) bond motifs is 1. The number of nitrogens with two attached hydrogens (primary N) is 2. The molecule has 0 aliphatic carbocycles. The van der Waals surface area contributed by atoms with Crippen molar-refractivity contribution >= 4 is 52.3 Å². The summed E-state index contributed by atoms with van der Waals surface area (Å²) in [4.78, 5) is 32.8. The number of hydrogen-bond acceptors (Lipinski definition) is 6. The molecule has 1 aliphatic heterocycles. The van der Waals surface area contributed by atoms with Gasteiger partial charge in [0.15, 0.2) is 5.65 Å². The van der Waals surface area contributed by atoms with Crippen molar-refractivity contribution in [1.29, 1.82) is 0 Å². The van der Waals surface area contributed by atoms with Crippen LogP contribution in [0.5, 0.6) is 0 Å². The Balaban J connectivity index is 1.74. The van der Waals surface area contributed by atoms with E-state index in [2.05, 4.69) is 4.90 Å². The number of carbonyl (C=O) groups is 2. The summed E-state index contributed by atoms with van der Waals surface area (Å²) < 4.78 is 1.83. The second kappa shape index (κ2) is 11.0. The van der Waals surface area contributed by atoms with Crippen LogP contribution in [0.4, 0.5) is 11.6 Å². The molecule has 2 amide bonds. The molecule has 4 N–H and O–H groups in total. The molecule has 0 saturated carbocycles. The highest BCUT2D eigenvalue weighted by atomic mass is 35.5. The van der Waals surface area contributed by atoms with Gasteiger partial charge in [-0.15, -0.1) is 0 Å². The lowest BCUT2D eigenvalue weighted by Crippen LogP contribution is -2.46. The van der Waals surface area contributed by atoms with Gasteiger partial charge in [-0.05, 0) is 36.6 Å². The zero-order chi connectivity index (χ0) is 28.6. The van der Waals surface area contributed by atoms with Crippen LogP contribution >= 0.6 is 23.2 Å². The first-order valence-electron chi connectivity index (χ1n) is 13.1. The van der Waals surface area contributed by atoms with E-state index in [1.54, 1.807) is 0 Å². The van der Waals surface area contributed by atoms with Gasteiger partial charge in [0.25, 0.3) is 0 Å². The van der Waals surface area contributed by atoms with Crippen LogP contribution < -0.4 is 21.3 Å². The highest BCUT2D eigenvalue weighted by Crippen LogP contribution is 2.41. The molecule has 1 aliphatic rings. The predicted octanol–water partition coefficient (Wildman–Crippen LogP) is 4.77. The quantitative estimate of drug-likeness (QED) is 0.310. The maximum atomic E-state index is 12.1. The Morgan fingerprint density at radius 3 is 2.35 bits per heavy atom. The van der Waals surface area contributed by atoms with Crippen LogP contribution in [0.3, 0.4) is 0 Å². The summed E-state index contributed by atoms with van der Waals surface area (Å²) >= 11 is 12.9. The Morgan fingerprint density at radius 2 is 1.73 bits per heavy atom. The van der Waals surface area contributed by atoms with Crippen molar-refractivity contribution in [3.63, 3.8) is 0 Å². The van der Waals surface area contributed by atoms with E-state index in [0.717, 1.165) is 22.5 Å². The molecule has 0 bridgehead atoms. The molecular weight excluding hydrogens is 549 g/mol. The molecule has 0 unspecified atom stereocenters. The zero-order valence-corrected chi connectivity index (χ0v) is 23.9. The third-order valence-corrected chi connectivity index (χ3v) is 8.27. The maximum absolute atomic E-state index is 12.1. The largest absolute Gasteiger partial charge is 0.370 e. The van der Waals surface area contributed by atoms with Gasteiger partial charge >= 0.3 is 0 Å². The van der Waals surface area contributed by atoms with Gasteiger partial charge in [-0.25, -0.2) is 4.98 Å². The summed E-state index contributed by atoms with van der Waals surface area (Å²) in [5, 5.41) is 6.26. The van der Waals surface area contributed by atoms with Gasteiger partial charge in [-0.3, -0.25) is 9.59 Å². The van der Waals surface area contributed by atoms with Crippen LogP contribution in [0.2, 0.25) is 10.0 Å². The van der Waals surface area contributed by atoms with Crippen molar-refractivity contribution in [2.24, 2.45) is 16.9 Å². The number of anilines is 2. The van der Waals surface area contributed by atoms with E-state index in [1.807, 2.05) is 78.0 Å². The lowest BCUT2D eigenvalue weighted by Gasteiger charge is -2.38. The second-order valence-electron chi connectivity index (χ2n) is 10.5. The van der Waals surface area contributed by atoms with Crippen molar-refractivity contribution in [1.82, 2.24) is 14.6 Å². The fourth-order valence-electron chi connectivity index (χ4n) is 5.00. The van der Waals surface area contributed by atoms with Crippen LogP contribution in [0, 0.1) is 5.41 Å². The number of primary amides is 2. The lowest BCUT2D eigenvalue weighted by atomic mass is 9.80. The van der Waals surface area contributed by atoms with E-state index in [-0.39, 0.29) is 18.2 Å². The average molecular weight is 581 g/mol. The van der Waals surface area contributed by atoms with Gasteiger partial charge in [-0.2, -0.15) is 9.61 Å². The van der Waals surface area contributed by atoms with Gasteiger partial charge in [0.1, 0.15) is 17.3 Å². The normalized spacial score (nSPS) is 14.8. The summed E-state index contributed by atoms with van der Waals surface area (Å²) in [6, 6.07) is 17.0. The Labute approximate surface area is 242 Å². The van der Waals surface area contributed by atoms with Crippen LogP contribution in [-0.4, -0.2) is 53.1 Å². The first kappa shape index (κ1) is 27.7. The minimum atomic E-state index is -0.564. The fourth-order valence-corrected chi connectivity index (χ4v) is 5.35. The molecule has 0 atom stereocenters. The predicted molar refractivity (Wildman–Crippen MR) is 160 cm³/mol. The molecule has 2 aromatic carbocycles. The van der Waals surface area contributed by atoms with Crippen LogP contribution in [0.15, 0.2) is 54.6 Å². The van der Waals surface area contributed by atoms with E-state index in [1.165, 1.54) is 0 Å². The van der Waals surface area contributed by atoms with Crippen LogP contribution in [0.25, 0.3) is 28.0 Å². The number of carbonyl (C=O) groups excluding carboxylic acids is 2. The Bertz CT molecular complexity index is 1580. The highest BCUT2D eigenvalue weighted by Gasteiger charge is 2.36. The highest BCUT2D eigenvalue weighted by molar-refractivity contribution is 6.33. The van der Waals surface area contributed by atoms with Crippen molar-refractivity contribution in [2.45, 2.75) is 26.2 Å². The summed E-state index contributed by atoms with van der Waals surface area (Å²) in [7, 11) is 1.87. The summed E-state index contributed by atoms with van der Waals surface area (Å²) in [5.74, 6) is 0.796. The summed E-state index contributed by atoms with van der Waals surface area (Å²) in [6.07, 6.45) is 1.41. The van der Waals surface area contributed by atoms with E-state index in [0.29, 0.717) is 59.7 Å². The molecule has 2 aromatic heterocycles. The Hall–Kier alpha value is -3.82. The zero-order valence-electron chi connectivity index (χ0n) is 22.4. The van der Waals surface area contributed by atoms with Gasteiger partial charge in [0.2, 0.25) is 11.8 Å². The van der Waals surface area contributed by atoms with Gasteiger partial charge in [0.05, 0.1) is 10.6 Å². The molecule has 4 aromatic rings. The molecule has 9 nitrogen and oxygen atoms in total. The second-order valence-corrected chi connectivity index (χ2v) is 11.3.